The molecule has 0 aliphatic heterocycles. The summed E-state index contributed by atoms with van der Waals surface area (Å²) in [7, 11) is 0. The summed E-state index contributed by atoms with van der Waals surface area (Å²) in [5.41, 5.74) is 20.2. The van der Waals surface area contributed by atoms with E-state index in [-0.39, 0.29) is 5.92 Å². The van der Waals surface area contributed by atoms with E-state index < -0.39 is 0 Å². The first-order valence-electron chi connectivity index (χ1n) is 25.5. The highest BCUT2D eigenvalue weighted by atomic mass is 16.5. The van der Waals surface area contributed by atoms with E-state index in [2.05, 4.69) is 242 Å². The Labute approximate surface area is 444 Å². The Bertz CT molecular complexity index is 3240. The number of hydrogen-bond acceptors (Lipinski definition) is 4. The molecule has 9 aromatic rings. The molecule has 4 nitrogen and oxygen atoms in total. The van der Waals surface area contributed by atoms with Crippen LogP contribution >= 0.6 is 0 Å². The standard InChI is InChI=1S/C71H64O4/c1-9-52-18-26-56(27-19-52)44-72-67-36-34-61(38-48(67)5)63-40-50(7)70(74-46-58-30-22-54(11-3)23-31-58)65(42-63)69(60-16-14-13-15-17-60)66-43-64(41-51(8)71(66)75-47-59-32-24-55(12-4)25-33-59)62-35-37-68(49(6)39-62)73-45-57-28-20-53(10-2)21-29-57/h9-43,69H,1-4,44-47H2,5-8H3. The van der Waals surface area contributed by atoms with E-state index in [0.29, 0.717) is 26.4 Å². The molecule has 0 heterocycles. The Kier molecular flexibility index (Phi) is 16.2. The van der Waals surface area contributed by atoms with Crippen LogP contribution in [0.15, 0.2) is 214 Å². The van der Waals surface area contributed by atoms with Crippen LogP contribution in [0.2, 0.25) is 0 Å². The summed E-state index contributed by atoms with van der Waals surface area (Å²) in [6.07, 6.45) is 7.42. The molecule has 0 radical (unpaired) electrons. The zero-order valence-corrected chi connectivity index (χ0v) is 43.6. The van der Waals surface area contributed by atoms with E-state index in [9.17, 15) is 0 Å². The molecule has 9 rings (SSSR count). The third-order valence-electron chi connectivity index (χ3n) is 13.8. The molecule has 0 amide bonds. The summed E-state index contributed by atoms with van der Waals surface area (Å²) in [5.74, 6) is 3.01. The van der Waals surface area contributed by atoms with Gasteiger partial charge >= 0.3 is 0 Å². The van der Waals surface area contributed by atoms with Gasteiger partial charge in [-0.05, 0) is 171 Å². The highest BCUT2D eigenvalue weighted by Gasteiger charge is 2.28. The second kappa shape index (κ2) is 23.8. The van der Waals surface area contributed by atoms with Gasteiger partial charge in [0.05, 0.1) is 0 Å². The van der Waals surface area contributed by atoms with Crippen LogP contribution in [0.4, 0.5) is 0 Å². The molecule has 0 bridgehead atoms. The first-order chi connectivity index (χ1) is 36.6. The molecule has 9 aromatic carbocycles. The largest absolute Gasteiger partial charge is 0.489 e. The van der Waals surface area contributed by atoms with Gasteiger partial charge in [-0.15, -0.1) is 0 Å². The van der Waals surface area contributed by atoms with Crippen LogP contribution in [0, 0.1) is 27.7 Å². The lowest BCUT2D eigenvalue weighted by Crippen LogP contribution is -2.11. The van der Waals surface area contributed by atoms with Crippen LogP contribution < -0.4 is 18.9 Å². The molecule has 372 valence electrons. The number of ether oxygens (including phenoxy) is 4. The quantitative estimate of drug-likeness (QED) is 0.0672. The van der Waals surface area contributed by atoms with Crippen molar-refractivity contribution in [2.45, 2.75) is 60.0 Å². The fraction of sp³-hybridized carbons (Fsp3) is 0.127. The Hall–Kier alpha value is -8.86. The molecule has 0 saturated heterocycles. The lowest BCUT2D eigenvalue weighted by atomic mass is 9.80. The zero-order chi connectivity index (χ0) is 52.3. The average Bonchev–Trinajstić information content (AvgIpc) is 3.44. The predicted molar refractivity (Wildman–Crippen MR) is 314 cm³/mol. The fourth-order valence-electron chi connectivity index (χ4n) is 9.55. The van der Waals surface area contributed by atoms with Crippen molar-refractivity contribution in [3.8, 4) is 45.3 Å². The highest BCUT2D eigenvalue weighted by Crippen LogP contribution is 2.47. The predicted octanol–water partition coefficient (Wildman–Crippen LogP) is 18.3. The third-order valence-corrected chi connectivity index (χ3v) is 13.8. The maximum atomic E-state index is 7.09. The minimum atomic E-state index is -0.327. The number of rotatable bonds is 21. The normalized spacial score (nSPS) is 10.9. The fourth-order valence-corrected chi connectivity index (χ4v) is 9.55. The van der Waals surface area contributed by atoms with E-state index >= 15 is 0 Å². The second-order valence-corrected chi connectivity index (χ2v) is 19.2. The van der Waals surface area contributed by atoms with Crippen molar-refractivity contribution in [1.29, 1.82) is 0 Å². The Morgan fingerprint density at radius 1 is 0.333 bits per heavy atom. The molecule has 0 aliphatic carbocycles. The smallest absolute Gasteiger partial charge is 0.126 e. The molecule has 0 aliphatic rings. The van der Waals surface area contributed by atoms with Crippen molar-refractivity contribution in [3.05, 3.63) is 298 Å². The van der Waals surface area contributed by atoms with Crippen molar-refractivity contribution >= 4 is 24.3 Å². The molecular formula is C71H64O4. The van der Waals surface area contributed by atoms with Gasteiger partial charge in [-0.2, -0.15) is 0 Å². The van der Waals surface area contributed by atoms with Crippen LogP contribution in [0.3, 0.4) is 0 Å². The molecular weight excluding hydrogens is 917 g/mol. The van der Waals surface area contributed by atoms with Crippen LogP contribution in [0.1, 0.15) is 89.4 Å². The van der Waals surface area contributed by atoms with Crippen molar-refractivity contribution in [2.24, 2.45) is 0 Å². The van der Waals surface area contributed by atoms with Gasteiger partial charge in [0.25, 0.3) is 0 Å². The molecule has 0 unspecified atom stereocenters. The average molecular weight is 981 g/mol. The molecule has 0 aromatic heterocycles. The van der Waals surface area contributed by atoms with Crippen LogP contribution in [0.5, 0.6) is 23.0 Å². The van der Waals surface area contributed by atoms with E-state index in [1.54, 1.807) is 0 Å². The lowest BCUT2D eigenvalue weighted by molar-refractivity contribution is 0.296. The van der Waals surface area contributed by atoms with Gasteiger partial charge in [0.1, 0.15) is 49.4 Å². The van der Waals surface area contributed by atoms with Gasteiger partial charge in [-0.3, -0.25) is 0 Å². The van der Waals surface area contributed by atoms with Crippen molar-refractivity contribution in [3.63, 3.8) is 0 Å². The summed E-state index contributed by atoms with van der Waals surface area (Å²) in [6, 6.07) is 66.1. The zero-order valence-electron chi connectivity index (χ0n) is 43.6. The maximum Gasteiger partial charge on any atom is 0.126 e. The highest BCUT2D eigenvalue weighted by molar-refractivity contribution is 5.74. The SMILES string of the molecule is C=Cc1ccc(COc2ccc(-c3cc(C)c(OCc4ccc(C=C)cc4)c(C(c4ccccc4)c4cc(-c5ccc(OCc6ccc(C=C)cc6)c(C)c5)cc(C)c4OCc4ccc(C=C)cc4)c3)cc2C)cc1. The second-order valence-electron chi connectivity index (χ2n) is 19.2. The monoisotopic (exact) mass is 980 g/mol. The van der Waals surface area contributed by atoms with Gasteiger partial charge in [0, 0.05) is 17.0 Å². The van der Waals surface area contributed by atoms with Crippen molar-refractivity contribution < 1.29 is 18.9 Å². The third kappa shape index (κ3) is 12.3. The first-order valence-corrected chi connectivity index (χ1v) is 25.5. The van der Waals surface area contributed by atoms with Gasteiger partial charge in [0.15, 0.2) is 0 Å². The molecule has 0 fully saturated rings. The molecule has 0 N–H and O–H groups in total. The van der Waals surface area contributed by atoms with Gasteiger partial charge in [-0.25, -0.2) is 0 Å². The number of benzene rings is 9. The molecule has 75 heavy (non-hydrogen) atoms. The summed E-state index contributed by atoms with van der Waals surface area (Å²) in [4.78, 5) is 0. The molecule has 0 saturated carbocycles. The van der Waals surface area contributed by atoms with Gasteiger partial charge in [-0.1, -0.05) is 190 Å². The Balaban J connectivity index is 1.17. The Morgan fingerprint density at radius 3 is 0.973 bits per heavy atom. The summed E-state index contributed by atoms with van der Waals surface area (Å²) < 4.78 is 27.0. The van der Waals surface area contributed by atoms with Crippen LogP contribution in [0.25, 0.3) is 46.6 Å². The van der Waals surface area contributed by atoms with Crippen LogP contribution in [-0.4, -0.2) is 0 Å². The minimum Gasteiger partial charge on any atom is -0.489 e. The minimum absolute atomic E-state index is 0.327. The maximum absolute atomic E-state index is 7.09. The van der Waals surface area contributed by atoms with Crippen molar-refractivity contribution in [1.82, 2.24) is 0 Å². The van der Waals surface area contributed by atoms with E-state index in [1.165, 1.54) is 0 Å². The number of aryl methyl sites for hydroxylation is 4. The van der Waals surface area contributed by atoms with E-state index in [0.717, 1.165) is 129 Å². The molecule has 0 atom stereocenters. The lowest BCUT2D eigenvalue weighted by Gasteiger charge is -2.28. The topological polar surface area (TPSA) is 36.9 Å². The van der Waals surface area contributed by atoms with Gasteiger partial charge < -0.3 is 18.9 Å². The Morgan fingerprint density at radius 2 is 0.653 bits per heavy atom. The summed E-state index contributed by atoms with van der Waals surface area (Å²) in [5, 5.41) is 0. The molecule has 4 heteroatoms. The van der Waals surface area contributed by atoms with E-state index in [1.807, 2.05) is 24.3 Å². The first kappa shape index (κ1) is 51.1. The van der Waals surface area contributed by atoms with Crippen molar-refractivity contribution in [2.75, 3.05) is 0 Å². The van der Waals surface area contributed by atoms with Gasteiger partial charge in [0.2, 0.25) is 0 Å². The summed E-state index contributed by atoms with van der Waals surface area (Å²) >= 11 is 0. The van der Waals surface area contributed by atoms with Crippen LogP contribution in [-0.2, 0) is 26.4 Å². The summed E-state index contributed by atoms with van der Waals surface area (Å²) in [6.45, 7) is 25.9. The number of hydrogen-bond donors (Lipinski definition) is 0. The molecule has 0 spiro atoms. The van der Waals surface area contributed by atoms with E-state index in [4.69, 9.17) is 18.9 Å².